The van der Waals surface area contributed by atoms with Gasteiger partial charge in [-0.2, -0.15) is 5.10 Å². The van der Waals surface area contributed by atoms with E-state index >= 15 is 0 Å². The third kappa shape index (κ3) is 4.01. The lowest BCUT2D eigenvalue weighted by Crippen LogP contribution is -2.19. The van der Waals surface area contributed by atoms with Crippen LogP contribution in [-0.4, -0.2) is 29.5 Å². The highest BCUT2D eigenvalue weighted by molar-refractivity contribution is 5.15. The molecule has 0 aliphatic heterocycles. The highest BCUT2D eigenvalue weighted by Gasteiger charge is 2.01. The zero-order chi connectivity index (χ0) is 11.1. The van der Waals surface area contributed by atoms with E-state index in [1.54, 1.807) is 0 Å². The van der Waals surface area contributed by atoms with Crippen molar-refractivity contribution < 1.29 is 4.74 Å². The van der Waals surface area contributed by atoms with Crippen LogP contribution >= 0.6 is 0 Å². The highest BCUT2D eigenvalue weighted by Crippen LogP contribution is 2.04. The van der Waals surface area contributed by atoms with Crippen LogP contribution in [0, 0.1) is 6.92 Å². The lowest BCUT2D eigenvalue weighted by atomic mass is 10.2. The number of nitrogens with zero attached hydrogens (tertiary/aromatic N) is 2. The first-order valence-corrected chi connectivity index (χ1v) is 5.51. The van der Waals surface area contributed by atoms with Gasteiger partial charge in [-0.1, -0.05) is 6.92 Å². The Kier molecular flexibility index (Phi) is 5.36. The Morgan fingerprint density at radius 2 is 2.27 bits per heavy atom. The normalized spacial score (nSPS) is 10.9. The minimum Gasteiger partial charge on any atom is -0.380 e. The average molecular weight is 211 g/mol. The Morgan fingerprint density at radius 3 is 2.87 bits per heavy atom. The van der Waals surface area contributed by atoms with Gasteiger partial charge in [-0.3, -0.25) is 4.68 Å². The van der Waals surface area contributed by atoms with Crippen LogP contribution in [0.2, 0.25) is 0 Å². The molecule has 4 nitrogen and oxygen atoms in total. The summed E-state index contributed by atoms with van der Waals surface area (Å²) < 4.78 is 7.27. The van der Waals surface area contributed by atoms with Gasteiger partial charge in [0.25, 0.3) is 0 Å². The number of hydrogen-bond donors (Lipinski definition) is 1. The molecule has 0 amide bonds. The van der Waals surface area contributed by atoms with E-state index in [1.807, 2.05) is 17.9 Å². The summed E-state index contributed by atoms with van der Waals surface area (Å²) in [5.74, 6) is 0. The molecule has 1 rings (SSSR count). The van der Waals surface area contributed by atoms with Crippen molar-refractivity contribution in [3.05, 3.63) is 17.5 Å². The number of nitrogens with one attached hydrogen (secondary N) is 1. The maximum Gasteiger partial charge on any atom is 0.0591 e. The van der Waals surface area contributed by atoms with Gasteiger partial charge in [0.2, 0.25) is 0 Å². The maximum absolute atomic E-state index is 5.37. The van der Waals surface area contributed by atoms with Crippen molar-refractivity contribution in [3.8, 4) is 0 Å². The molecule has 86 valence electrons. The Balaban J connectivity index is 2.12. The number of hydrogen-bond acceptors (Lipinski definition) is 3. The van der Waals surface area contributed by atoms with Crippen molar-refractivity contribution in [1.82, 2.24) is 15.1 Å². The molecule has 0 atom stereocenters. The van der Waals surface area contributed by atoms with Crippen molar-refractivity contribution in [1.29, 1.82) is 0 Å². The van der Waals surface area contributed by atoms with E-state index in [1.165, 1.54) is 11.3 Å². The molecule has 1 heterocycles. The Hall–Kier alpha value is -0.870. The van der Waals surface area contributed by atoms with Crippen molar-refractivity contribution in [2.75, 3.05) is 19.8 Å². The first-order valence-electron chi connectivity index (χ1n) is 5.51. The molecule has 0 saturated heterocycles. The van der Waals surface area contributed by atoms with E-state index in [9.17, 15) is 0 Å². The molecule has 0 spiro atoms. The summed E-state index contributed by atoms with van der Waals surface area (Å²) in [6.07, 6.45) is 3.00. The Morgan fingerprint density at radius 1 is 1.47 bits per heavy atom. The average Bonchev–Trinajstić information content (AvgIpc) is 2.54. The van der Waals surface area contributed by atoms with Crippen LogP contribution in [0.5, 0.6) is 0 Å². The molecule has 4 heteroatoms. The largest absolute Gasteiger partial charge is 0.380 e. The molecule has 0 fully saturated rings. The van der Waals surface area contributed by atoms with Crippen LogP contribution < -0.4 is 5.32 Å². The molecule has 0 saturated carbocycles. The highest BCUT2D eigenvalue weighted by atomic mass is 16.5. The van der Waals surface area contributed by atoms with E-state index in [0.717, 1.165) is 32.7 Å². The van der Waals surface area contributed by atoms with Gasteiger partial charge in [0.15, 0.2) is 0 Å². The first-order chi connectivity index (χ1) is 7.25. The minimum atomic E-state index is 0.785. The number of rotatable bonds is 7. The van der Waals surface area contributed by atoms with E-state index < -0.39 is 0 Å². The molecule has 1 aromatic rings. The zero-order valence-electron chi connectivity index (χ0n) is 9.92. The molecule has 1 aromatic heterocycles. The third-order valence-corrected chi connectivity index (χ3v) is 2.42. The predicted molar refractivity (Wildman–Crippen MR) is 60.8 cm³/mol. The van der Waals surface area contributed by atoms with Crippen LogP contribution in [0.4, 0.5) is 0 Å². The smallest absolute Gasteiger partial charge is 0.0591 e. The zero-order valence-corrected chi connectivity index (χ0v) is 9.92. The van der Waals surface area contributed by atoms with Crippen LogP contribution in [-0.2, 0) is 18.3 Å². The van der Waals surface area contributed by atoms with Crippen molar-refractivity contribution in [2.45, 2.75) is 26.8 Å². The molecule has 0 aliphatic rings. The number of aromatic nitrogens is 2. The summed E-state index contributed by atoms with van der Waals surface area (Å²) in [5, 5.41) is 7.53. The molecule has 0 radical (unpaired) electrons. The van der Waals surface area contributed by atoms with Crippen LogP contribution in [0.15, 0.2) is 6.20 Å². The van der Waals surface area contributed by atoms with Crippen molar-refractivity contribution in [3.63, 3.8) is 0 Å². The summed E-state index contributed by atoms with van der Waals surface area (Å²) in [6, 6.07) is 0. The second-order valence-corrected chi connectivity index (χ2v) is 3.67. The van der Waals surface area contributed by atoms with Gasteiger partial charge in [-0.25, -0.2) is 0 Å². The summed E-state index contributed by atoms with van der Waals surface area (Å²) in [4.78, 5) is 0. The van der Waals surface area contributed by atoms with Crippen molar-refractivity contribution >= 4 is 0 Å². The molecule has 0 aromatic carbocycles. The molecular weight excluding hydrogens is 190 g/mol. The monoisotopic (exact) mass is 211 g/mol. The number of aryl methyl sites for hydroxylation is 1. The quantitative estimate of drug-likeness (QED) is 0.690. The van der Waals surface area contributed by atoms with E-state index in [-0.39, 0.29) is 0 Å². The Bertz CT molecular complexity index is 283. The Labute approximate surface area is 91.6 Å². The number of ether oxygens (including phenoxy) is 1. The predicted octanol–water partition coefficient (Wildman–Crippen LogP) is 1.24. The first kappa shape index (κ1) is 12.2. The molecule has 15 heavy (non-hydrogen) atoms. The van der Waals surface area contributed by atoms with Crippen LogP contribution in [0.25, 0.3) is 0 Å². The fourth-order valence-corrected chi connectivity index (χ4v) is 1.33. The van der Waals surface area contributed by atoms with Crippen LogP contribution in [0.3, 0.4) is 0 Å². The van der Waals surface area contributed by atoms with Gasteiger partial charge in [-0.05, 0) is 13.3 Å². The lowest BCUT2D eigenvalue weighted by molar-refractivity contribution is 0.136. The topological polar surface area (TPSA) is 39.1 Å². The van der Waals surface area contributed by atoms with Gasteiger partial charge >= 0.3 is 0 Å². The van der Waals surface area contributed by atoms with Gasteiger partial charge in [0, 0.05) is 38.0 Å². The fraction of sp³-hybridized carbons (Fsp3) is 0.727. The molecule has 0 bridgehead atoms. The fourth-order valence-electron chi connectivity index (χ4n) is 1.33. The summed E-state index contributed by atoms with van der Waals surface area (Å²) in [7, 11) is 1.96. The van der Waals surface area contributed by atoms with E-state index in [0.29, 0.717) is 0 Å². The molecule has 0 unspecified atom stereocenters. The van der Waals surface area contributed by atoms with Crippen molar-refractivity contribution in [2.24, 2.45) is 7.05 Å². The van der Waals surface area contributed by atoms with Gasteiger partial charge in [-0.15, -0.1) is 0 Å². The lowest BCUT2D eigenvalue weighted by Gasteiger charge is -2.05. The van der Waals surface area contributed by atoms with Crippen LogP contribution in [0.1, 0.15) is 24.6 Å². The molecule has 1 N–H and O–H groups in total. The van der Waals surface area contributed by atoms with Gasteiger partial charge < -0.3 is 10.1 Å². The summed E-state index contributed by atoms with van der Waals surface area (Å²) in [6.45, 7) is 7.61. The second-order valence-electron chi connectivity index (χ2n) is 3.67. The minimum absolute atomic E-state index is 0.785. The van der Waals surface area contributed by atoms with Gasteiger partial charge in [0.05, 0.1) is 12.8 Å². The molecular formula is C11H21N3O. The standard InChI is InChI=1S/C11H21N3O/c1-4-6-15-7-5-12-8-11-9-13-14(3)10(11)2/h9,12H,4-8H2,1-3H3. The van der Waals surface area contributed by atoms with E-state index in [2.05, 4.69) is 24.3 Å². The summed E-state index contributed by atoms with van der Waals surface area (Å²) >= 11 is 0. The van der Waals surface area contributed by atoms with E-state index in [4.69, 9.17) is 4.74 Å². The molecule has 0 aliphatic carbocycles. The summed E-state index contributed by atoms with van der Waals surface area (Å²) in [5.41, 5.74) is 2.48. The maximum atomic E-state index is 5.37. The van der Waals surface area contributed by atoms with Gasteiger partial charge in [0.1, 0.15) is 0 Å². The SMILES string of the molecule is CCCOCCNCc1cnn(C)c1C. The second kappa shape index (κ2) is 6.58. The third-order valence-electron chi connectivity index (χ3n) is 2.42.